The van der Waals surface area contributed by atoms with Gasteiger partial charge in [0.05, 0.1) is 23.1 Å². The van der Waals surface area contributed by atoms with E-state index in [1.54, 1.807) is 37.3 Å². The van der Waals surface area contributed by atoms with Crippen LogP contribution in [-0.2, 0) is 27.7 Å². The second-order valence-electron chi connectivity index (χ2n) is 7.00. The van der Waals surface area contributed by atoms with Gasteiger partial charge in [-0.15, -0.1) is 0 Å². The highest BCUT2D eigenvalue weighted by Gasteiger charge is 2.27. The fourth-order valence-corrected chi connectivity index (χ4v) is 3.85. The van der Waals surface area contributed by atoms with Crippen molar-refractivity contribution in [3.8, 4) is 0 Å². The Labute approximate surface area is 154 Å². The zero-order valence-electron chi connectivity index (χ0n) is 15.3. The summed E-state index contributed by atoms with van der Waals surface area (Å²) in [6.07, 6.45) is 3.39. The van der Waals surface area contributed by atoms with Crippen molar-refractivity contribution in [3.63, 3.8) is 0 Å². The number of nitrogens with zero attached hydrogens (tertiary/aromatic N) is 4. The molecule has 0 aliphatic carbocycles. The molecule has 140 valence electrons. The van der Waals surface area contributed by atoms with Crippen LogP contribution in [0.5, 0.6) is 0 Å². The van der Waals surface area contributed by atoms with Crippen LogP contribution in [0.1, 0.15) is 23.7 Å². The molecule has 0 bridgehead atoms. The molecule has 0 saturated carbocycles. The van der Waals surface area contributed by atoms with Crippen molar-refractivity contribution in [2.24, 2.45) is 0 Å². The van der Waals surface area contributed by atoms with Gasteiger partial charge in [-0.2, -0.15) is 5.10 Å². The van der Waals surface area contributed by atoms with E-state index in [4.69, 9.17) is 0 Å². The van der Waals surface area contributed by atoms with Crippen molar-refractivity contribution < 1.29 is 13.2 Å². The quantitative estimate of drug-likeness (QED) is 0.787. The minimum atomic E-state index is -3.18. The first kappa shape index (κ1) is 18.6. The maximum atomic E-state index is 12.1. The van der Waals surface area contributed by atoms with Gasteiger partial charge in [-0.05, 0) is 23.8 Å². The van der Waals surface area contributed by atoms with Crippen molar-refractivity contribution in [1.29, 1.82) is 0 Å². The maximum Gasteiger partial charge on any atom is 0.224 e. The zero-order valence-corrected chi connectivity index (χ0v) is 16.1. The van der Waals surface area contributed by atoms with Crippen LogP contribution < -0.4 is 0 Å². The molecule has 1 aliphatic heterocycles. The number of carbonyl (C=O) groups excluding carboxylic acids is 1. The lowest BCUT2D eigenvalue weighted by atomic mass is 10.1. The highest BCUT2D eigenvalue weighted by molar-refractivity contribution is 7.90. The maximum absolute atomic E-state index is 12.1. The largest absolute Gasteiger partial charge is 0.349 e. The van der Waals surface area contributed by atoms with Crippen LogP contribution in [-0.4, -0.2) is 60.8 Å². The Morgan fingerprint density at radius 1 is 1.23 bits per heavy atom. The van der Waals surface area contributed by atoms with Crippen LogP contribution in [0.15, 0.2) is 41.4 Å². The number of aromatic nitrogens is 2. The molecule has 3 rings (SSSR count). The molecule has 0 unspecified atom stereocenters. The lowest BCUT2D eigenvalue weighted by Gasteiger charge is -2.34. The number of sulfone groups is 1. The minimum absolute atomic E-state index is 0.000979. The van der Waals surface area contributed by atoms with Gasteiger partial charge >= 0.3 is 0 Å². The highest BCUT2D eigenvalue weighted by Crippen LogP contribution is 2.25. The summed E-state index contributed by atoms with van der Waals surface area (Å²) in [5, 5.41) is 4.38. The third-order valence-electron chi connectivity index (χ3n) is 4.62. The van der Waals surface area contributed by atoms with Gasteiger partial charge in [0.25, 0.3) is 0 Å². The van der Waals surface area contributed by atoms with Gasteiger partial charge < -0.3 is 4.90 Å². The van der Waals surface area contributed by atoms with Crippen molar-refractivity contribution >= 4 is 15.7 Å². The third kappa shape index (κ3) is 4.13. The van der Waals surface area contributed by atoms with E-state index < -0.39 is 9.84 Å². The number of carbonyl (C=O) groups is 1. The Hall–Kier alpha value is -2.19. The normalized spacial score (nSPS) is 17.7. The van der Waals surface area contributed by atoms with Gasteiger partial charge in [-0.25, -0.2) is 8.42 Å². The van der Waals surface area contributed by atoms with Gasteiger partial charge in [-0.3, -0.25) is 14.4 Å². The van der Waals surface area contributed by atoms with Gasteiger partial charge in [0.15, 0.2) is 9.84 Å². The summed E-state index contributed by atoms with van der Waals surface area (Å²) in [7, 11) is 0.337. The number of rotatable bonds is 5. The van der Waals surface area contributed by atoms with Crippen molar-refractivity contribution in [2.75, 3.05) is 26.9 Å². The number of amides is 1. The van der Waals surface area contributed by atoms with Crippen LogP contribution in [0.3, 0.4) is 0 Å². The van der Waals surface area contributed by atoms with Crippen molar-refractivity contribution in [2.45, 2.75) is 30.4 Å². The molecule has 1 atom stereocenters. The summed E-state index contributed by atoms with van der Waals surface area (Å²) < 4.78 is 25.1. The lowest BCUT2D eigenvalue weighted by molar-refractivity contribution is -0.129. The summed E-state index contributed by atoms with van der Waals surface area (Å²) >= 11 is 0. The Morgan fingerprint density at radius 3 is 2.54 bits per heavy atom. The van der Waals surface area contributed by atoms with Crippen molar-refractivity contribution in [3.05, 3.63) is 47.8 Å². The first-order valence-corrected chi connectivity index (χ1v) is 10.4. The summed E-state index contributed by atoms with van der Waals surface area (Å²) in [4.78, 5) is 16.3. The van der Waals surface area contributed by atoms with Crippen LogP contribution in [0.25, 0.3) is 0 Å². The summed E-state index contributed by atoms with van der Waals surface area (Å²) in [6.45, 7) is 2.17. The predicted molar refractivity (Wildman–Crippen MR) is 98.2 cm³/mol. The van der Waals surface area contributed by atoms with Gasteiger partial charge in [0, 0.05) is 46.2 Å². The highest BCUT2D eigenvalue weighted by atomic mass is 32.2. The molecule has 0 spiro atoms. The fraction of sp³-hybridized carbons (Fsp3) is 0.444. The molecule has 8 heteroatoms. The first-order valence-electron chi connectivity index (χ1n) is 8.48. The number of fused-ring (bicyclic) bond motifs is 1. The average Bonchev–Trinajstić information content (AvgIpc) is 3.03. The molecule has 2 heterocycles. The van der Waals surface area contributed by atoms with E-state index in [2.05, 4.69) is 10.00 Å². The smallest absolute Gasteiger partial charge is 0.224 e. The molecule has 1 amide bonds. The van der Waals surface area contributed by atoms with Crippen LogP contribution in [0.2, 0.25) is 0 Å². The van der Waals surface area contributed by atoms with E-state index in [-0.39, 0.29) is 11.9 Å². The second kappa shape index (κ2) is 7.20. The first-order chi connectivity index (χ1) is 12.2. The van der Waals surface area contributed by atoms with Gasteiger partial charge in [-0.1, -0.05) is 12.1 Å². The average molecular weight is 376 g/mol. The Balaban J connectivity index is 1.74. The van der Waals surface area contributed by atoms with Crippen molar-refractivity contribution in [1.82, 2.24) is 19.6 Å². The van der Waals surface area contributed by atoms with Crippen LogP contribution in [0, 0.1) is 0 Å². The molecule has 0 fully saturated rings. The van der Waals surface area contributed by atoms with E-state index in [0.717, 1.165) is 24.3 Å². The fourth-order valence-electron chi connectivity index (χ4n) is 3.22. The van der Waals surface area contributed by atoms with E-state index in [0.29, 0.717) is 17.9 Å². The van der Waals surface area contributed by atoms with E-state index >= 15 is 0 Å². The molecule has 0 saturated heterocycles. The van der Waals surface area contributed by atoms with Crippen LogP contribution in [0.4, 0.5) is 0 Å². The third-order valence-corrected chi connectivity index (χ3v) is 5.75. The molecule has 26 heavy (non-hydrogen) atoms. The molecular weight excluding hydrogens is 352 g/mol. The Kier molecular flexibility index (Phi) is 5.15. The minimum Gasteiger partial charge on any atom is -0.349 e. The van der Waals surface area contributed by atoms with E-state index in [9.17, 15) is 13.2 Å². The molecule has 2 aromatic rings. The Morgan fingerprint density at radius 2 is 1.92 bits per heavy atom. The standard InChI is InChI=1S/C18H24N4O3S/c1-20(2)18(23)10-16-13-21(12-15-8-9-19-22(15)16)11-14-4-6-17(7-5-14)26(3,24)25/h4-9,16H,10-13H2,1-3H3/t16-/m1/s1. The predicted octanol–water partition coefficient (Wildman–Crippen LogP) is 1.32. The molecule has 7 nitrogen and oxygen atoms in total. The topological polar surface area (TPSA) is 75.5 Å². The van der Waals surface area contributed by atoms with Gasteiger partial charge in [0.1, 0.15) is 0 Å². The summed E-state index contributed by atoms with van der Waals surface area (Å²) in [6, 6.07) is 8.97. The molecular formula is C18H24N4O3S. The molecule has 1 aliphatic rings. The van der Waals surface area contributed by atoms with E-state index in [1.807, 2.05) is 22.9 Å². The SMILES string of the molecule is CN(C)C(=O)C[C@@H]1CN(Cc2ccc(S(C)(=O)=O)cc2)Cc2ccnn21. The molecule has 0 N–H and O–H groups in total. The molecule has 1 aromatic heterocycles. The second-order valence-corrected chi connectivity index (χ2v) is 9.01. The zero-order chi connectivity index (χ0) is 18.9. The number of hydrogen-bond donors (Lipinski definition) is 0. The monoisotopic (exact) mass is 376 g/mol. The van der Waals surface area contributed by atoms with Gasteiger partial charge in [0.2, 0.25) is 5.91 Å². The number of benzene rings is 1. The Bertz CT molecular complexity index is 887. The summed E-state index contributed by atoms with van der Waals surface area (Å²) in [5.74, 6) is 0.0794. The van der Waals surface area contributed by atoms with E-state index in [1.165, 1.54) is 6.26 Å². The summed E-state index contributed by atoms with van der Waals surface area (Å²) in [5.41, 5.74) is 2.13. The molecule has 0 radical (unpaired) electrons. The lowest BCUT2D eigenvalue weighted by Crippen LogP contribution is -2.39. The molecule has 1 aromatic carbocycles. The van der Waals surface area contributed by atoms with Crippen LogP contribution >= 0.6 is 0 Å². The number of hydrogen-bond acceptors (Lipinski definition) is 5.